The second-order valence-corrected chi connectivity index (χ2v) is 7.02. The van der Waals surface area contributed by atoms with Crippen LogP contribution in [0.4, 0.5) is 0 Å². The first-order valence-electron chi connectivity index (χ1n) is 8.31. The molecule has 0 aliphatic rings. The molecule has 0 spiro atoms. The van der Waals surface area contributed by atoms with Crippen LogP contribution in [0.1, 0.15) is 32.4 Å². The second kappa shape index (κ2) is 8.05. The maximum Gasteiger partial charge on any atom is 0.253 e. The first-order valence-corrected chi connectivity index (χ1v) is 9.19. The summed E-state index contributed by atoms with van der Waals surface area (Å²) in [6, 6.07) is 9.49. The number of carbonyl (C=O) groups is 2. The number of rotatable bonds is 7. The van der Waals surface area contributed by atoms with Gasteiger partial charge in [-0.05, 0) is 43.5 Å². The fourth-order valence-corrected chi connectivity index (χ4v) is 3.44. The number of aryl methyl sites for hydroxylation is 1. The smallest absolute Gasteiger partial charge is 0.253 e. The molecule has 2 amide bonds. The highest BCUT2D eigenvalue weighted by molar-refractivity contribution is 7.09. The minimum absolute atomic E-state index is 0.0753. The molecule has 0 radical (unpaired) electrons. The summed E-state index contributed by atoms with van der Waals surface area (Å²) in [7, 11) is 0. The van der Waals surface area contributed by atoms with E-state index in [0.717, 1.165) is 17.9 Å². The van der Waals surface area contributed by atoms with Gasteiger partial charge in [0.25, 0.3) is 5.91 Å². The molecular formula is C19H21N3O3S. The molecule has 3 aromatic rings. The summed E-state index contributed by atoms with van der Waals surface area (Å²) < 4.78 is 7.26. The third-order valence-corrected chi connectivity index (χ3v) is 5.02. The number of nitrogens with one attached hydrogen (secondary N) is 2. The molecule has 2 N–H and O–H groups in total. The number of hydrogen-bond donors (Lipinski definition) is 2. The van der Waals surface area contributed by atoms with Crippen molar-refractivity contribution < 1.29 is 14.0 Å². The number of carbonyl (C=O) groups excluding carboxylic acids is 2. The van der Waals surface area contributed by atoms with Crippen LogP contribution < -0.4 is 10.6 Å². The van der Waals surface area contributed by atoms with Crippen LogP contribution in [0, 0.1) is 13.8 Å². The van der Waals surface area contributed by atoms with E-state index < -0.39 is 0 Å². The van der Waals surface area contributed by atoms with Crippen LogP contribution in [0.5, 0.6) is 0 Å². The molecule has 0 atom stereocenters. The fraction of sp³-hybridized carbons (Fsp3) is 0.263. The highest BCUT2D eigenvalue weighted by Gasteiger charge is 2.16. The van der Waals surface area contributed by atoms with E-state index in [0.29, 0.717) is 17.9 Å². The summed E-state index contributed by atoms with van der Waals surface area (Å²) >= 11 is 1.69. The third-order valence-electron chi connectivity index (χ3n) is 4.16. The number of amides is 2. The molecule has 0 saturated heterocycles. The van der Waals surface area contributed by atoms with Crippen molar-refractivity contribution in [3.05, 3.63) is 69.6 Å². The van der Waals surface area contributed by atoms with Gasteiger partial charge in [0.15, 0.2) is 0 Å². The van der Waals surface area contributed by atoms with Crippen LogP contribution in [-0.2, 0) is 17.9 Å². The molecule has 0 unspecified atom stereocenters. The molecule has 0 fully saturated rings. The average molecular weight is 371 g/mol. The largest absolute Gasteiger partial charge is 0.467 e. The highest BCUT2D eigenvalue weighted by Crippen LogP contribution is 2.19. The summed E-state index contributed by atoms with van der Waals surface area (Å²) in [5.74, 6) is 0.160. The van der Waals surface area contributed by atoms with Crippen LogP contribution in [0.3, 0.4) is 0 Å². The Labute approximate surface area is 155 Å². The summed E-state index contributed by atoms with van der Waals surface area (Å²) in [4.78, 5) is 25.6. The average Bonchev–Trinajstić information content (AvgIpc) is 3.37. The zero-order valence-electron chi connectivity index (χ0n) is 14.7. The molecule has 26 heavy (non-hydrogen) atoms. The number of thiophene rings is 1. The van der Waals surface area contributed by atoms with E-state index in [1.807, 2.05) is 31.4 Å². The molecule has 0 aromatic carbocycles. The van der Waals surface area contributed by atoms with Gasteiger partial charge in [0.2, 0.25) is 5.91 Å². The van der Waals surface area contributed by atoms with Crippen LogP contribution in [-0.4, -0.2) is 22.9 Å². The van der Waals surface area contributed by atoms with Crippen LogP contribution in [0.2, 0.25) is 0 Å². The van der Waals surface area contributed by atoms with Crippen LogP contribution in [0.25, 0.3) is 0 Å². The Morgan fingerprint density at radius 3 is 2.73 bits per heavy atom. The van der Waals surface area contributed by atoms with E-state index in [-0.39, 0.29) is 18.4 Å². The van der Waals surface area contributed by atoms with Gasteiger partial charge in [-0.15, -0.1) is 11.3 Å². The van der Waals surface area contributed by atoms with Crippen molar-refractivity contribution in [2.75, 3.05) is 6.54 Å². The Morgan fingerprint density at radius 2 is 2.04 bits per heavy atom. The Hall–Kier alpha value is -2.80. The maximum absolute atomic E-state index is 12.5. The Kier molecular flexibility index (Phi) is 5.58. The number of furan rings is 1. The van der Waals surface area contributed by atoms with E-state index in [4.69, 9.17) is 4.42 Å². The van der Waals surface area contributed by atoms with Gasteiger partial charge in [0.05, 0.1) is 31.5 Å². The lowest BCUT2D eigenvalue weighted by molar-refractivity contribution is -0.120. The minimum Gasteiger partial charge on any atom is -0.467 e. The van der Waals surface area contributed by atoms with Gasteiger partial charge in [0, 0.05) is 16.3 Å². The normalized spacial score (nSPS) is 10.7. The molecule has 7 heteroatoms. The van der Waals surface area contributed by atoms with E-state index in [1.165, 1.54) is 4.88 Å². The monoisotopic (exact) mass is 371 g/mol. The van der Waals surface area contributed by atoms with Crippen molar-refractivity contribution in [2.45, 2.75) is 26.9 Å². The summed E-state index contributed by atoms with van der Waals surface area (Å²) in [6.07, 6.45) is 1.55. The van der Waals surface area contributed by atoms with E-state index in [2.05, 4.69) is 21.3 Å². The van der Waals surface area contributed by atoms with Crippen LogP contribution >= 0.6 is 11.3 Å². The topological polar surface area (TPSA) is 76.3 Å². The Morgan fingerprint density at radius 1 is 1.19 bits per heavy atom. The van der Waals surface area contributed by atoms with Crippen molar-refractivity contribution in [2.24, 2.45) is 0 Å². The predicted octanol–water partition coefficient (Wildman–Crippen LogP) is 2.85. The molecule has 136 valence electrons. The molecule has 3 rings (SSSR count). The van der Waals surface area contributed by atoms with Gasteiger partial charge in [-0.3, -0.25) is 9.59 Å². The zero-order valence-corrected chi connectivity index (χ0v) is 15.6. The minimum atomic E-state index is -0.262. The first-order chi connectivity index (χ1) is 12.5. The summed E-state index contributed by atoms with van der Waals surface area (Å²) in [6.45, 7) is 4.87. The van der Waals surface area contributed by atoms with E-state index >= 15 is 0 Å². The summed E-state index contributed by atoms with van der Waals surface area (Å²) in [5, 5.41) is 7.42. The number of nitrogens with zero attached hydrogens (tertiary/aromatic N) is 1. The quantitative estimate of drug-likeness (QED) is 0.670. The molecule has 0 saturated carbocycles. The van der Waals surface area contributed by atoms with Gasteiger partial charge >= 0.3 is 0 Å². The standard InChI is InChI=1S/C19H21N3O3S/c1-13-9-17(14(2)22(13)12-16-6-4-8-26-16)19(24)21-11-18(23)20-10-15-5-3-7-25-15/h3-9H,10-12H2,1-2H3,(H,20,23)(H,21,24). The van der Waals surface area contributed by atoms with Crippen molar-refractivity contribution in [3.8, 4) is 0 Å². The SMILES string of the molecule is Cc1cc(C(=O)NCC(=O)NCc2ccco2)c(C)n1Cc1cccs1. The van der Waals surface area contributed by atoms with Gasteiger partial charge in [0.1, 0.15) is 5.76 Å². The maximum atomic E-state index is 12.5. The first kappa shape index (κ1) is 18.0. The van der Waals surface area contributed by atoms with Crippen LogP contribution in [0.15, 0.2) is 46.4 Å². The molecule has 3 heterocycles. The van der Waals surface area contributed by atoms with Gasteiger partial charge in [-0.1, -0.05) is 6.07 Å². The third kappa shape index (κ3) is 4.23. The van der Waals surface area contributed by atoms with Crippen molar-refractivity contribution >= 4 is 23.2 Å². The molecule has 0 bridgehead atoms. The molecule has 0 aliphatic carbocycles. The lowest BCUT2D eigenvalue weighted by Crippen LogP contribution is -2.36. The lowest BCUT2D eigenvalue weighted by atomic mass is 10.2. The van der Waals surface area contributed by atoms with Crippen molar-refractivity contribution in [1.29, 1.82) is 0 Å². The number of hydrogen-bond acceptors (Lipinski definition) is 4. The van der Waals surface area contributed by atoms with Gasteiger partial charge in [-0.2, -0.15) is 0 Å². The molecule has 6 nitrogen and oxygen atoms in total. The zero-order chi connectivity index (χ0) is 18.5. The predicted molar refractivity (Wildman–Crippen MR) is 100 cm³/mol. The van der Waals surface area contributed by atoms with E-state index in [9.17, 15) is 9.59 Å². The Bertz CT molecular complexity index is 880. The number of aromatic nitrogens is 1. The second-order valence-electron chi connectivity index (χ2n) is 5.99. The van der Waals surface area contributed by atoms with Crippen molar-refractivity contribution in [1.82, 2.24) is 15.2 Å². The van der Waals surface area contributed by atoms with E-state index in [1.54, 1.807) is 29.7 Å². The van der Waals surface area contributed by atoms with Gasteiger partial charge in [-0.25, -0.2) is 0 Å². The lowest BCUT2D eigenvalue weighted by Gasteiger charge is -2.09. The summed E-state index contributed by atoms with van der Waals surface area (Å²) in [5.41, 5.74) is 2.51. The fourth-order valence-electron chi connectivity index (χ4n) is 2.75. The highest BCUT2D eigenvalue weighted by atomic mass is 32.1. The van der Waals surface area contributed by atoms with Gasteiger partial charge < -0.3 is 19.6 Å². The molecule has 0 aliphatic heterocycles. The molecular weight excluding hydrogens is 350 g/mol. The molecule has 3 aromatic heterocycles. The Balaban J connectivity index is 1.56. The van der Waals surface area contributed by atoms with Crippen molar-refractivity contribution in [3.63, 3.8) is 0 Å².